The van der Waals surface area contributed by atoms with Crippen molar-refractivity contribution in [1.29, 1.82) is 0 Å². The Labute approximate surface area is 88.7 Å². The van der Waals surface area contributed by atoms with Gasteiger partial charge in [0, 0.05) is 25.4 Å². The van der Waals surface area contributed by atoms with E-state index in [-0.39, 0.29) is 11.9 Å². The van der Waals surface area contributed by atoms with Crippen LogP contribution in [0.3, 0.4) is 0 Å². The molecule has 1 aliphatic rings. The van der Waals surface area contributed by atoms with E-state index in [0.29, 0.717) is 12.2 Å². The molecule has 0 N–H and O–H groups in total. The molecule has 0 radical (unpaired) electrons. The average molecular weight is 206 g/mol. The molecule has 0 saturated carbocycles. The second kappa shape index (κ2) is 4.98. The van der Waals surface area contributed by atoms with E-state index in [2.05, 4.69) is 9.97 Å². The molecule has 1 fully saturated rings. The number of aromatic nitrogens is 2. The largest absolute Gasteiger partial charge is 0.378 e. The van der Waals surface area contributed by atoms with Crippen molar-refractivity contribution in [3.63, 3.8) is 0 Å². The van der Waals surface area contributed by atoms with Crippen molar-refractivity contribution in [2.45, 2.75) is 31.8 Å². The quantitative estimate of drug-likeness (QED) is 0.702. The van der Waals surface area contributed by atoms with Crippen molar-refractivity contribution in [3.8, 4) is 0 Å². The summed E-state index contributed by atoms with van der Waals surface area (Å²) in [6, 6.07) is 1.71. The lowest BCUT2D eigenvalue weighted by molar-refractivity contribution is 0.0852. The minimum atomic E-state index is 0.00565. The van der Waals surface area contributed by atoms with Gasteiger partial charge in [-0.05, 0) is 25.3 Å². The van der Waals surface area contributed by atoms with E-state index < -0.39 is 0 Å². The Balaban J connectivity index is 1.82. The third-order valence-corrected chi connectivity index (χ3v) is 2.53. The van der Waals surface area contributed by atoms with Crippen LogP contribution >= 0.6 is 0 Å². The molecule has 0 spiro atoms. The Kier molecular flexibility index (Phi) is 3.40. The Hall–Kier alpha value is -1.29. The summed E-state index contributed by atoms with van der Waals surface area (Å²) in [5, 5.41) is 0. The predicted molar refractivity (Wildman–Crippen MR) is 54.6 cm³/mol. The molecule has 1 aromatic rings. The third kappa shape index (κ3) is 2.83. The van der Waals surface area contributed by atoms with Gasteiger partial charge in [-0.15, -0.1) is 0 Å². The van der Waals surface area contributed by atoms with Crippen molar-refractivity contribution < 1.29 is 9.53 Å². The van der Waals surface area contributed by atoms with Crippen molar-refractivity contribution in [2.75, 3.05) is 6.61 Å². The van der Waals surface area contributed by atoms with Gasteiger partial charge in [-0.2, -0.15) is 0 Å². The number of rotatable bonds is 4. The normalized spacial score (nSPS) is 20.4. The number of hydrogen-bond acceptors (Lipinski definition) is 4. The number of hydrogen-bond donors (Lipinski definition) is 0. The monoisotopic (exact) mass is 206 g/mol. The molecule has 15 heavy (non-hydrogen) atoms. The van der Waals surface area contributed by atoms with Crippen molar-refractivity contribution in [3.05, 3.63) is 24.3 Å². The van der Waals surface area contributed by atoms with E-state index in [9.17, 15) is 4.79 Å². The van der Waals surface area contributed by atoms with Crippen molar-refractivity contribution in [1.82, 2.24) is 9.97 Å². The van der Waals surface area contributed by atoms with E-state index in [4.69, 9.17) is 4.74 Å². The van der Waals surface area contributed by atoms with Gasteiger partial charge in [0.1, 0.15) is 0 Å². The molecule has 1 saturated heterocycles. The van der Waals surface area contributed by atoms with Gasteiger partial charge >= 0.3 is 0 Å². The number of Topliss-reactive ketones (excluding diaryl/α,β-unsaturated/α-hetero) is 1. The van der Waals surface area contributed by atoms with Gasteiger partial charge in [0.15, 0.2) is 11.6 Å². The summed E-state index contributed by atoms with van der Waals surface area (Å²) >= 11 is 0. The maximum Gasteiger partial charge on any atom is 0.200 e. The molecule has 0 amide bonds. The van der Waals surface area contributed by atoms with E-state index in [1.165, 1.54) is 0 Å². The van der Waals surface area contributed by atoms with Crippen LogP contribution in [0.2, 0.25) is 0 Å². The fourth-order valence-electron chi connectivity index (χ4n) is 1.72. The topological polar surface area (TPSA) is 52.1 Å². The van der Waals surface area contributed by atoms with Crippen LogP contribution in [0.15, 0.2) is 18.5 Å². The Morgan fingerprint density at radius 2 is 2.27 bits per heavy atom. The Morgan fingerprint density at radius 1 is 1.47 bits per heavy atom. The van der Waals surface area contributed by atoms with E-state index in [0.717, 1.165) is 25.9 Å². The Morgan fingerprint density at radius 3 is 2.93 bits per heavy atom. The number of carbonyl (C=O) groups excluding carboxylic acids is 1. The summed E-state index contributed by atoms with van der Waals surface area (Å²) in [6.07, 6.45) is 6.89. The fourth-order valence-corrected chi connectivity index (χ4v) is 1.72. The highest BCUT2D eigenvalue weighted by atomic mass is 16.5. The molecule has 2 rings (SSSR count). The summed E-state index contributed by atoms with van der Waals surface area (Å²) < 4.78 is 5.45. The molecule has 1 aromatic heterocycles. The molecule has 80 valence electrons. The van der Waals surface area contributed by atoms with Crippen LogP contribution < -0.4 is 0 Å². The van der Waals surface area contributed by atoms with Crippen LogP contribution in [0.4, 0.5) is 0 Å². The van der Waals surface area contributed by atoms with Crippen LogP contribution in [-0.4, -0.2) is 28.5 Å². The van der Waals surface area contributed by atoms with Gasteiger partial charge in [-0.1, -0.05) is 0 Å². The van der Waals surface area contributed by atoms with Crippen LogP contribution in [0.1, 0.15) is 36.3 Å². The molecular formula is C11H14N2O2. The van der Waals surface area contributed by atoms with Gasteiger partial charge in [0.05, 0.1) is 6.10 Å². The zero-order chi connectivity index (χ0) is 10.5. The molecule has 4 heteroatoms. The summed E-state index contributed by atoms with van der Waals surface area (Å²) in [4.78, 5) is 19.5. The van der Waals surface area contributed by atoms with Gasteiger partial charge in [0.2, 0.25) is 0 Å². The molecule has 1 unspecified atom stereocenters. The van der Waals surface area contributed by atoms with Gasteiger partial charge in [-0.25, -0.2) is 9.97 Å². The van der Waals surface area contributed by atoms with Gasteiger partial charge in [0.25, 0.3) is 0 Å². The number of nitrogens with zero attached hydrogens (tertiary/aromatic N) is 2. The first kappa shape index (κ1) is 10.2. The maximum absolute atomic E-state index is 11.6. The number of ketones is 1. The highest BCUT2D eigenvalue weighted by Gasteiger charge is 2.17. The Bertz CT molecular complexity index is 321. The van der Waals surface area contributed by atoms with E-state index in [1.54, 1.807) is 18.5 Å². The standard InChI is InChI=1S/C11H14N2O2/c14-10(11-12-6-2-7-13-11)5-4-9-3-1-8-15-9/h2,6-7,9H,1,3-5,8H2. The SMILES string of the molecule is O=C(CCC1CCCO1)c1ncccn1. The number of carbonyl (C=O) groups is 1. The van der Waals surface area contributed by atoms with Gasteiger partial charge < -0.3 is 4.74 Å². The summed E-state index contributed by atoms with van der Waals surface area (Å²) in [6.45, 7) is 0.834. The molecule has 0 bridgehead atoms. The first-order chi connectivity index (χ1) is 7.36. The summed E-state index contributed by atoms with van der Waals surface area (Å²) in [7, 11) is 0. The zero-order valence-corrected chi connectivity index (χ0v) is 8.56. The van der Waals surface area contributed by atoms with E-state index in [1.807, 2.05) is 0 Å². The van der Waals surface area contributed by atoms with Crippen LogP contribution in [0, 0.1) is 0 Å². The predicted octanol–water partition coefficient (Wildman–Crippen LogP) is 1.62. The summed E-state index contributed by atoms with van der Waals surface area (Å²) in [5.41, 5.74) is 0. The lowest BCUT2D eigenvalue weighted by Gasteiger charge is -2.07. The maximum atomic E-state index is 11.6. The smallest absolute Gasteiger partial charge is 0.200 e. The van der Waals surface area contributed by atoms with Crippen LogP contribution in [0.5, 0.6) is 0 Å². The molecule has 1 atom stereocenters. The third-order valence-electron chi connectivity index (χ3n) is 2.53. The second-order valence-electron chi connectivity index (χ2n) is 3.67. The second-order valence-corrected chi connectivity index (χ2v) is 3.67. The first-order valence-corrected chi connectivity index (χ1v) is 5.28. The summed E-state index contributed by atoms with van der Waals surface area (Å²) in [5.74, 6) is 0.321. The average Bonchev–Trinajstić information content (AvgIpc) is 2.80. The lowest BCUT2D eigenvalue weighted by atomic mass is 10.1. The highest BCUT2D eigenvalue weighted by molar-refractivity contribution is 5.92. The minimum Gasteiger partial charge on any atom is -0.378 e. The number of ether oxygens (including phenoxy) is 1. The molecule has 4 nitrogen and oxygen atoms in total. The van der Waals surface area contributed by atoms with Crippen molar-refractivity contribution >= 4 is 5.78 Å². The van der Waals surface area contributed by atoms with Crippen molar-refractivity contribution in [2.24, 2.45) is 0 Å². The highest BCUT2D eigenvalue weighted by Crippen LogP contribution is 2.17. The molecule has 0 aliphatic carbocycles. The lowest BCUT2D eigenvalue weighted by Crippen LogP contribution is -2.10. The molecule has 0 aromatic carbocycles. The zero-order valence-electron chi connectivity index (χ0n) is 8.56. The minimum absolute atomic E-state index is 0.00565. The van der Waals surface area contributed by atoms with Crippen LogP contribution in [0.25, 0.3) is 0 Å². The molecule has 1 aliphatic heterocycles. The van der Waals surface area contributed by atoms with Crippen LogP contribution in [-0.2, 0) is 4.74 Å². The fraction of sp³-hybridized carbons (Fsp3) is 0.545. The molecule has 2 heterocycles. The van der Waals surface area contributed by atoms with Gasteiger partial charge in [-0.3, -0.25) is 4.79 Å². The van der Waals surface area contributed by atoms with E-state index >= 15 is 0 Å². The first-order valence-electron chi connectivity index (χ1n) is 5.28. The molecular weight excluding hydrogens is 192 g/mol.